The Morgan fingerprint density at radius 2 is 1.69 bits per heavy atom. The van der Waals surface area contributed by atoms with Gasteiger partial charge < -0.3 is 4.57 Å². The topological polar surface area (TPSA) is 52.2 Å². The van der Waals surface area contributed by atoms with E-state index in [0.29, 0.717) is 22.8 Å². The van der Waals surface area contributed by atoms with E-state index in [-0.39, 0.29) is 5.56 Å². The average molecular weight is 384 g/mol. The third-order valence-electron chi connectivity index (χ3n) is 5.14. The lowest BCUT2D eigenvalue weighted by Gasteiger charge is -2.13. The predicted molar refractivity (Wildman–Crippen MR) is 119 cm³/mol. The molecule has 0 aliphatic carbocycles. The highest BCUT2D eigenvalue weighted by Crippen LogP contribution is 2.20. The monoisotopic (exact) mass is 384 g/mol. The molecule has 0 radical (unpaired) electrons. The second-order valence-electron chi connectivity index (χ2n) is 7.47. The molecule has 2 heterocycles. The third kappa shape index (κ3) is 3.40. The summed E-state index contributed by atoms with van der Waals surface area (Å²) in [5, 5.41) is 5.13. The van der Waals surface area contributed by atoms with Gasteiger partial charge in [-0.25, -0.2) is 4.98 Å². The molecule has 0 saturated carbocycles. The van der Waals surface area contributed by atoms with Crippen molar-refractivity contribution in [1.82, 2.24) is 14.2 Å². The Morgan fingerprint density at radius 1 is 1.00 bits per heavy atom. The van der Waals surface area contributed by atoms with Crippen molar-refractivity contribution in [2.24, 2.45) is 5.10 Å². The predicted octanol–water partition coefficient (Wildman–Crippen LogP) is 4.94. The van der Waals surface area contributed by atoms with Gasteiger partial charge in [0.25, 0.3) is 5.56 Å². The molecule has 0 aliphatic rings. The summed E-state index contributed by atoms with van der Waals surface area (Å²) in [6, 6.07) is 19.5. The minimum atomic E-state index is -0.177. The Bertz CT molecular complexity index is 1260. The number of aromatic nitrogens is 3. The van der Waals surface area contributed by atoms with Crippen molar-refractivity contribution in [2.45, 2.75) is 33.7 Å². The Hall–Kier alpha value is -3.47. The number of aryl methyl sites for hydroxylation is 1. The van der Waals surface area contributed by atoms with Crippen LogP contribution in [-0.2, 0) is 0 Å². The number of benzene rings is 2. The second kappa shape index (κ2) is 7.51. The normalized spacial score (nSPS) is 11.8. The molecule has 2 aromatic carbocycles. The summed E-state index contributed by atoms with van der Waals surface area (Å²) in [5.41, 5.74) is 4.63. The van der Waals surface area contributed by atoms with E-state index in [0.717, 1.165) is 16.8 Å². The molecule has 0 unspecified atom stereocenters. The maximum atomic E-state index is 13.2. The lowest BCUT2D eigenvalue weighted by Crippen LogP contribution is -2.20. The van der Waals surface area contributed by atoms with Gasteiger partial charge in [0.05, 0.1) is 17.1 Å². The zero-order valence-electron chi connectivity index (χ0n) is 17.1. The van der Waals surface area contributed by atoms with Gasteiger partial charge >= 0.3 is 0 Å². The molecule has 5 nitrogen and oxygen atoms in total. The molecule has 146 valence electrons. The minimum Gasteiger partial charge on any atom is -0.346 e. The summed E-state index contributed by atoms with van der Waals surface area (Å²) in [6.07, 6.45) is 1.76. The summed E-state index contributed by atoms with van der Waals surface area (Å²) in [7, 11) is 0. The van der Waals surface area contributed by atoms with Crippen LogP contribution in [0.5, 0.6) is 0 Å². The van der Waals surface area contributed by atoms with Gasteiger partial charge in [-0.3, -0.25) is 4.79 Å². The largest absolute Gasteiger partial charge is 0.346 e. The molecule has 4 rings (SSSR count). The average Bonchev–Trinajstić information content (AvgIpc) is 3.01. The fourth-order valence-corrected chi connectivity index (χ4v) is 3.85. The first-order valence-corrected chi connectivity index (χ1v) is 9.77. The van der Waals surface area contributed by atoms with Crippen molar-refractivity contribution in [3.8, 4) is 11.4 Å². The van der Waals surface area contributed by atoms with Gasteiger partial charge in [-0.15, -0.1) is 0 Å². The number of fused-ring (bicyclic) bond motifs is 1. The number of para-hydroxylation sites is 1. The summed E-state index contributed by atoms with van der Waals surface area (Å²) >= 11 is 0. The van der Waals surface area contributed by atoms with Crippen molar-refractivity contribution in [3.63, 3.8) is 0 Å². The van der Waals surface area contributed by atoms with Crippen molar-refractivity contribution in [3.05, 3.63) is 88.0 Å². The molecule has 0 N–H and O–H groups in total. The van der Waals surface area contributed by atoms with Crippen molar-refractivity contribution >= 4 is 17.1 Å². The zero-order chi connectivity index (χ0) is 20.5. The second-order valence-corrected chi connectivity index (χ2v) is 7.47. The van der Waals surface area contributed by atoms with Crippen LogP contribution in [0, 0.1) is 13.8 Å². The highest BCUT2D eigenvalue weighted by molar-refractivity contribution is 5.83. The van der Waals surface area contributed by atoms with Gasteiger partial charge in [0.2, 0.25) is 0 Å². The SMILES string of the molecule is Cc1cc(C=Nn2c(-c3ccccc3)nc3ccccc3c2=O)c(C)n1C(C)C. The van der Waals surface area contributed by atoms with E-state index in [1.807, 2.05) is 48.5 Å². The molecule has 0 spiro atoms. The molecule has 2 aromatic heterocycles. The van der Waals surface area contributed by atoms with E-state index in [1.165, 1.54) is 10.4 Å². The van der Waals surface area contributed by atoms with Crippen molar-refractivity contribution < 1.29 is 0 Å². The van der Waals surface area contributed by atoms with E-state index in [4.69, 9.17) is 4.98 Å². The van der Waals surface area contributed by atoms with Crippen LogP contribution in [0.2, 0.25) is 0 Å². The van der Waals surface area contributed by atoms with Crippen molar-refractivity contribution in [2.75, 3.05) is 0 Å². The Morgan fingerprint density at radius 3 is 2.38 bits per heavy atom. The van der Waals surface area contributed by atoms with E-state index in [9.17, 15) is 4.79 Å². The van der Waals surface area contributed by atoms with Gasteiger partial charge in [0.15, 0.2) is 5.82 Å². The molecular formula is C24H24N4O. The fourth-order valence-electron chi connectivity index (χ4n) is 3.85. The molecule has 0 amide bonds. The smallest absolute Gasteiger partial charge is 0.282 e. The maximum Gasteiger partial charge on any atom is 0.282 e. The van der Waals surface area contributed by atoms with Crippen LogP contribution < -0.4 is 5.56 Å². The van der Waals surface area contributed by atoms with E-state index >= 15 is 0 Å². The zero-order valence-corrected chi connectivity index (χ0v) is 17.1. The molecule has 5 heteroatoms. The Kier molecular flexibility index (Phi) is 4.89. The number of nitrogens with zero attached hydrogens (tertiary/aromatic N) is 4. The molecule has 4 aromatic rings. The first-order valence-electron chi connectivity index (χ1n) is 9.77. The summed E-state index contributed by atoms with van der Waals surface area (Å²) in [6.45, 7) is 8.48. The first kappa shape index (κ1) is 18.9. The third-order valence-corrected chi connectivity index (χ3v) is 5.14. The van der Waals surface area contributed by atoms with Gasteiger partial charge in [-0.05, 0) is 45.9 Å². The van der Waals surface area contributed by atoms with Crippen LogP contribution in [-0.4, -0.2) is 20.4 Å². The van der Waals surface area contributed by atoms with Crippen LogP contribution >= 0.6 is 0 Å². The lowest BCUT2D eigenvalue weighted by atomic mass is 10.2. The van der Waals surface area contributed by atoms with E-state index in [2.05, 4.69) is 43.4 Å². The standard InChI is InChI=1S/C24H24N4O/c1-16(2)27-17(3)14-20(18(27)4)15-25-28-23(19-10-6-5-7-11-19)26-22-13-9-8-12-21(22)24(28)29/h5-16H,1-4H3. The molecule has 0 fully saturated rings. The minimum absolute atomic E-state index is 0.177. The summed E-state index contributed by atoms with van der Waals surface area (Å²) in [4.78, 5) is 17.9. The Labute approximate surface area is 170 Å². The number of hydrogen-bond acceptors (Lipinski definition) is 3. The molecule has 0 saturated heterocycles. The number of hydrogen-bond donors (Lipinski definition) is 0. The summed E-state index contributed by atoms with van der Waals surface area (Å²) in [5.74, 6) is 0.531. The summed E-state index contributed by atoms with van der Waals surface area (Å²) < 4.78 is 3.67. The molecular weight excluding hydrogens is 360 g/mol. The van der Waals surface area contributed by atoms with E-state index in [1.54, 1.807) is 12.3 Å². The van der Waals surface area contributed by atoms with Crippen LogP contribution in [0.15, 0.2) is 70.6 Å². The first-order chi connectivity index (χ1) is 14.0. The fraction of sp³-hybridized carbons (Fsp3) is 0.208. The van der Waals surface area contributed by atoms with Gasteiger partial charge in [-0.2, -0.15) is 9.78 Å². The van der Waals surface area contributed by atoms with Crippen molar-refractivity contribution in [1.29, 1.82) is 0 Å². The molecule has 0 aliphatic heterocycles. The van der Waals surface area contributed by atoms with Crippen LogP contribution in [0.4, 0.5) is 0 Å². The molecule has 0 atom stereocenters. The maximum absolute atomic E-state index is 13.2. The van der Waals surface area contributed by atoms with Gasteiger partial charge in [0, 0.05) is 28.6 Å². The number of rotatable bonds is 4. The van der Waals surface area contributed by atoms with E-state index < -0.39 is 0 Å². The highest BCUT2D eigenvalue weighted by Gasteiger charge is 2.13. The van der Waals surface area contributed by atoms with Gasteiger partial charge in [0.1, 0.15) is 0 Å². The van der Waals surface area contributed by atoms with Crippen LogP contribution in [0.3, 0.4) is 0 Å². The van der Waals surface area contributed by atoms with Crippen LogP contribution in [0.1, 0.15) is 36.8 Å². The highest BCUT2D eigenvalue weighted by atomic mass is 16.1. The lowest BCUT2D eigenvalue weighted by molar-refractivity contribution is 0.574. The van der Waals surface area contributed by atoms with Crippen LogP contribution in [0.25, 0.3) is 22.3 Å². The molecule has 29 heavy (non-hydrogen) atoms. The van der Waals surface area contributed by atoms with Gasteiger partial charge in [-0.1, -0.05) is 42.5 Å². The Balaban J connectivity index is 1.91. The molecule has 0 bridgehead atoms. The quantitative estimate of drug-likeness (QED) is 0.468.